The summed E-state index contributed by atoms with van der Waals surface area (Å²) in [6, 6.07) is 0. The van der Waals surface area contributed by atoms with Gasteiger partial charge in [0.05, 0.1) is 12.4 Å². The molecule has 0 aliphatic carbocycles. The molecule has 68 valence electrons. The summed E-state index contributed by atoms with van der Waals surface area (Å²) in [5.74, 6) is 0. The molecule has 6 nitrogen and oxygen atoms in total. The van der Waals surface area contributed by atoms with Gasteiger partial charge in [-0.15, -0.1) is 0 Å². The zero-order valence-corrected chi connectivity index (χ0v) is 7.06. The van der Waals surface area contributed by atoms with Gasteiger partial charge < -0.3 is 8.83 Å². The van der Waals surface area contributed by atoms with Gasteiger partial charge in [-0.2, -0.15) is 0 Å². The van der Waals surface area contributed by atoms with E-state index >= 15 is 0 Å². The summed E-state index contributed by atoms with van der Waals surface area (Å²) in [6.45, 7) is 0. The molecule has 0 radical (unpaired) electrons. The Hall–Kier alpha value is -1.63. The summed E-state index contributed by atoms with van der Waals surface area (Å²) in [5, 5.41) is -0.843. The average Bonchev–Trinajstić information content (AvgIpc) is 2.78. The summed E-state index contributed by atoms with van der Waals surface area (Å²) in [6.07, 6.45) is 4.79. The molecule has 0 saturated heterocycles. The molecule has 0 aliphatic heterocycles. The number of nitrogens with zero attached hydrogens (tertiary/aromatic N) is 2. The summed E-state index contributed by atoms with van der Waals surface area (Å²) < 4.78 is 32.1. The van der Waals surface area contributed by atoms with E-state index in [1.54, 1.807) is 0 Å². The number of sulfone groups is 1. The predicted octanol–water partition coefficient (Wildman–Crippen LogP) is 0.495. The minimum absolute atomic E-state index is 0.421. The molecule has 2 heterocycles. The molecule has 0 N–H and O–H groups in total. The van der Waals surface area contributed by atoms with E-state index in [9.17, 15) is 8.42 Å². The van der Waals surface area contributed by atoms with Crippen LogP contribution in [0.1, 0.15) is 0 Å². The zero-order chi connectivity index (χ0) is 9.31. The van der Waals surface area contributed by atoms with E-state index < -0.39 is 20.3 Å². The number of aromatic nitrogens is 2. The van der Waals surface area contributed by atoms with Crippen LogP contribution in [0.15, 0.2) is 44.2 Å². The van der Waals surface area contributed by atoms with Crippen molar-refractivity contribution in [2.45, 2.75) is 10.4 Å². The fourth-order valence-electron chi connectivity index (χ4n) is 0.761. The first-order chi connectivity index (χ1) is 6.21. The van der Waals surface area contributed by atoms with Crippen LogP contribution >= 0.6 is 0 Å². The molecule has 2 aromatic heterocycles. The highest BCUT2D eigenvalue weighted by Gasteiger charge is 2.27. The Morgan fingerprint density at radius 1 is 1.00 bits per heavy atom. The highest BCUT2D eigenvalue weighted by atomic mass is 32.2. The van der Waals surface area contributed by atoms with Gasteiger partial charge in [0, 0.05) is 0 Å². The Morgan fingerprint density at radius 3 is 1.77 bits per heavy atom. The third-order valence-electron chi connectivity index (χ3n) is 1.28. The van der Waals surface area contributed by atoms with Crippen molar-refractivity contribution in [3.8, 4) is 0 Å². The molecule has 0 amide bonds. The second-order valence-electron chi connectivity index (χ2n) is 2.10. The van der Waals surface area contributed by atoms with Crippen LogP contribution in [0.3, 0.4) is 0 Å². The molecular formula is C6H4N2O4S. The van der Waals surface area contributed by atoms with Crippen LogP contribution in [0.5, 0.6) is 0 Å². The monoisotopic (exact) mass is 200 g/mol. The van der Waals surface area contributed by atoms with Crippen LogP contribution in [0.4, 0.5) is 0 Å². The maximum atomic E-state index is 11.4. The third kappa shape index (κ3) is 1.22. The molecule has 2 rings (SSSR count). The van der Waals surface area contributed by atoms with Crippen molar-refractivity contribution in [2.24, 2.45) is 0 Å². The normalized spacial score (nSPS) is 11.7. The van der Waals surface area contributed by atoms with Crippen molar-refractivity contribution in [3.63, 3.8) is 0 Å². The molecule has 0 aliphatic rings. The van der Waals surface area contributed by atoms with Crippen LogP contribution in [-0.4, -0.2) is 18.4 Å². The molecule has 0 bridgehead atoms. The van der Waals surface area contributed by atoms with Crippen LogP contribution in [0.25, 0.3) is 0 Å². The summed E-state index contributed by atoms with van der Waals surface area (Å²) in [5.41, 5.74) is 0. The number of hydrogen-bond donors (Lipinski definition) is 0. The molecule has 0 unspecified atom stereocenters. The average molecular weight is 200 g/mol. The van der Waals surface area contributed by atoms with E-state index in [1.165, 1.54) is 12.4 Å². The molecule has 13 heavy (non-hydrogen) atoms. The maximum Gasteiger partial charge on any atom is 0.324 e. The number of hydrogen-bond acceptors (Lipinski definition) is 6. The van der Waals surface area contributed by atoms with Gasteiger partial charge in [0.15, 0.2) is 0 Å². The lowest BCUT2D eigenvalue weighted by Crippen LogP contribution is -2.02. The van der Waals surface area contributed by atoms with E-state index in [0.29, 0.717) is 0 Å². The largest absolute Gasteiger partial charge is 0.436 e. The summed E-state index contributed by atoms with van der Waals surface area (Å²) >= 11 is 0. The van der Waals surface area contributed by atoms with Crippen LogP contribution in [-0.2, 0) is 9.84 Å². The molecule has 0 atom stereocenters. The lowest BCUT2D eigenvalue weighted by molar-refractivity contribution is 0.395. The van der Waals surface area contributed by atoms with Gasteiger partial charge in [0.1, 0.15) is 12.5 Å². The molecular weight excluding hydrogens is 196 g/mol. The van der Waals surface area contributed by atoms with Crippen molar-refractivity contribution >= 4 is 9.84 Å². The second-order valence-corrected chi connectivity index (χ2v) is 3.80. The number of oxazole rings is 2. The van der Waals surface area contributed by atoms with E-state index in [0.717, 1.165) is 12.5 Å². The third-order valence-corrected chi connectivity index (χ3v) is 2.60. The van der Waals surface area contributed by atoms with Gasteiger partial charge in [-0.25, -0.2) is 18.4 Å². The van der Waals surface area contributed by atoms with Crippen molar-refractivity contribution < 1.29 is 17.3 Å². The first-order valence-corrected chi connectivity index (χ1v) is 4.73. The smallest absolute Gasteiger partial charge is 0.324 e. The van der Waals surface area contributed by atoms with Gasteiger partial charge in [0.2, 0.25) is 0 Å². The Morgan fingerprint density at radius 2 is 1.46 bits per heavy atom. The Bertz CT molecular complexity index is 430. The molecule has 0 fully saturated rings. The Labute approximate surface area is 73.1 Å². The number of rotatable bonds is 2. The lowest BCUT2D eigenvalue weighted by Gasteiger charge is -1.90. The van der Waals surface area contributed by atoms with E-state index in [-0.39, 0.29) is 0 Å². The van der Waals surface area contributed by atoms with Crippen LogP contribution in [0.2, 0.25) is 0 Å². The molecule has 7 heteroatoms. The first-order valence-electron chi connectivity index (χ1n) is 3.25. The SMILES string of the molecule is O=S(=O)(c1ncco1)c1ncco1. The summed E-state index contributed by atoms with van der Waals surface area (Å²) in [7, 11) is -3.81. The summed E-state index contributed by atoms with van der Waals surface area (Å²) in [4.78, 5) is 6.98. The van der Waals surface area contributed by atoms with Crippen molar-refractivity contribution in [3.05, 3.63) is 24.9 Å². The maximum absolute atomic E-state index is 11.4. The van der Waals surface area contributed by atoms with Crippen molar-refractivity contribution in [2.75, 3.05) is 0 Å². The molecule has 0 spiro atoms. The molecule has 0 aromatic carbocycles. The fourth-order valence-corrected chi connectivity index (χ4v) is 1.67. The minimum Gasteiger partial charge on any atom is -0.436 e. The van der Waals surface area contributed by atoms with E-state index in [2.05, 4.69) is 18.8 Å². The van der Waals surface area contributed by atoms with Crippen molar-refractivity contribution in [1.82, 2.24) is 9.97 Å². The highest BCUT2D eigenvalue weighted by molar-refractivity contribution is 7.91. The van der Waals surface area contributed by atoms with Gasteiger partial charge in [-0.3, -0.25) is 0 Å². The van der Waals surface area contributed by atoms with Gasteiger partial charge >= 0.3 is 20.3 Å². The topological polar surface area (TPSA) is 86.2 Å². The van der Waals surface area contributed by atoms with E-state index in [1.807, 2.05) is 0 Å². The van der Waals surface area contributed by atoms with E-state index in [4.69, 9.17) is 0 Å². The van der Waals surface area contributed by atoms with Gasteiger partial charge in [-0.1, -0.05) is 0 Å². The fraction of sp³-hybridized carbons (Fsp3) is 0. The Balaban J connectivity index is 2.56. The standard InChI is InChI=1S/C6H4N2O4S/c9-13(10,5-7-1-3-11-5)6-8-2-4-12-6/h1-4H. The van der Waals surface area contributed by atoms with Crippen LogP contribution in [0, 0.1) is 0 Å². The van der Waals surface area contributed by atoms with Gasteiger partial charge in [-0.05, 0) is 0 Å². The van der Waals surface area contributed by atoms with Crippen molar-refractivity contribution in [1.29, 1.82) is 0 Å². The second kappa shape index (κ2) is 2.70. The first kappa shape index (κ1) is 7.99. The molecule has 0 saturated carbocycles. The molecule has 2 aromatic rings. The van der Waals surface area contributed by atoms with Gasteiger partial charge in [0.25, 0.3) is 0 Å². The highest BCUT2D eigenvalue weighted by Crippen LogP contribution is 2.16. The quantitative estimate of drug-likeness (QED) is 0.701. The minimum atomic E-state index is -3.81. The predicted molar refractivity (Wildman–Crippen MR) is 38.5 cm³/mol. The van der Waals surface area contributed by atoms with Crippen LogP contribution < -0.4 is 0 Å². The lowest BCUT2D eigenvalue weighted by atomic mass is 11.0. The zero-order valence-electron chi connectivity index (χ0n) is 6.25. The Kier molecular flexibility index (Phi) is 1.66.